The van der Waals surface area contributed by atoms with Crippen LogP contribution in [0.15, 0.2) is 115 Å². The molecule has 4 aromatic carbocycles. The summed E-state index contributed by atoms with van der Waals surface area (Å²) in [4.78, 5) is 9.34. The molecule has 190 valence electrons. The molecule has 0 N–H and O–H groups in total. The fraction of sp³-hybridized carbons (Fsp3) is 0.0345. The van der Waals surface area contributed by atoms with E-state index in [4.69, 9.17) is 4.98 Å². The van der Waals surface area contributed by atoms with Crippen molar-refractivity contribution in [1.29, 1.82) is 0 Å². The fourth-order valence-electron chi connectivity index (χ4n) is 3.84. The highest BCUT2D eigenvalue weighted by atomic mass is 32.2. The molecule has 0 aliphatic heterocycles. The van der Waals surface area contributed by atoms with E-state index in [9.17, 15) is 21.6 Å². The molecule has 0 radical (unpaired) electrons. The Morgan fingerprint density at radius 1 is 0.579 bits per heavy atom. The highest BCUT2D eigenvalue weighted by molar-refractivity contribution is 7.88. The van der Waals surface area contributed by atoms with Gasteiger partial charge in [0.15, 0.2) is 11.6 Å². The van der Waals surface area contributed by atoms with Crippen LogP contribution in [0.2, 0.25) is 0 Å². The number of nitrogens with zero attached hydrogens (tertiary/aromatic N) is 2. The zero-order valence-electron chi connectivity index (χ0n) is 19.6. The van der Waals surface area contributed by atoms with Crippen LogP contribution in [-0.4, -0.2) is 23.9 Å². The molecule has 0 aliphatic rings. The zero-order valence-corrected chi connectivity index (χ0v) is 20.4. The van der Waals surface area contributed by atoms with Gasteiger partial charge in [-0.1, -0.05) is 97.1 Å². The molecule has 0 saturated carbocycles. The van der Waals surface area contributed by atoms with Gasteiger partial charge >= 0.3 is 15.6 Å². The van der Waals surface area contributed by atoms with E-state index in [-0.39, 0.29) is 5.56 Å². The number of rotatable bonds is 6. The van der Waals surface area contributed by atoms with E-state index in [0.29, 0.717) is 28.3 Å². The summed E-state index contributed by atoms with van der Waals surface area (Å²) in [5.41, 5.74) is -2.04. The van der Waals surface area contributed by atoms with Crippen molar-refractivity contribution >= 4 is 10.1 Å². The second kappa shape index (κ2) is 10.1. The number of hydrogen-bond donors (Lipinski definition) is 0. The lowest BCUT2D eigenvalue weighted by atomic mass is 10.0. The first-order chi connectivity index (χ1) is 18.2. The SMILES string of the molecule is O=S(=O)(Oc1cc(-c2cc(-c3ccccc3)nc(-c3ccccc3)n2)ccc1-c1ccccc1)C(F)(F)F. The van der Waals surface area contributed by atoms with Crippen molar-refractivity contribution < 1.29 is 25.8 Å². The van der Waals surface area contributed by atoms with E-state index in [2.05, 4.69) is 9.17 Å². The molecular formula is C29H19F3N2O3S. The second-order valence-corrected chi connectivity index (χ2v) is 9.79. The maximum Gasteiger partial charge on any atom is 0.534 e. The van der Waals surface area contributed by atoms with E-state index >= 15 is 0 Å². The van der Waals surface area contributed by atoms with Crippen LogP contribution < -0.4 is 4.18 Å². The normalized spacial score (nSPS) is 11.8. The third-order valence-corrected chi connectivity index (χ3v) is 6.64. The molecule has 0 saturated heterocycles. The smallest absolute Gasteiger partial charge is 0.375 e. The Morgan fingerprint density at radius 2 is 1.08 bits per heavy atom. The van der Waals surface area contributed by atoms with Gasteiger partial charge < -0.3 is 4.18 Å². The molecular weight excluding hydrogens is 513 g/mol. The quantitative estimate of drug-likeness (QED) is 0.169. The van der Waals surface area contributed by atoms with Crippen molar-refractivity contribution in [3.8, 4) is 50.8 Å². The zero-order chi connectivity index (χ0) is 26.8. The van der Waals surface area contributed by atoms with Crippen molar-refractivity contribution in [3.63, 3.8) is 0 Å². The van der Waals surface area contributed by atoms with Crippen molar-refractivity contribution in [2.75, 3.05) is 0 Å². The summed E-state index contributed by atoms with van der Waals surface area (Å²) in [6, 6.07) is 33.1. The molecule has 5 nitrogen and oxygen atoms in total. The lowest BCUT2D eigenvalue weighted by Crippen LogP contribution is -2.28. The number of hydrogen-bond acceptors (Lipinski definition) is 5. The van der Waals surface area contributed by atoms with Crippen molar-refractivity contribution in [3.05, 3.63) is 115 Å². The van der Waals surface area contributed by atoms with Gasteiger partial charge in [0, 0.05) is 22.3 Å². The van der Waals surface area contributed by atoms with Gasteiger partial charge in [0.25, 0.3) is 0 Å². The molecule has 0 amide bonds. The van der Waals surface area contributed by atoms with Gasteiger partial charge in [-0.2, -0.15) is 21.6 Å². The first kappa shape index (κ1) is 25.2. The molecule has 0 bridgehead atoms. The highest BCUT2D eigenvalue weighted by Crippen LogP contribution is 2.38. The Balaban J connectivity index is 1.69. The summed E-state index contributed by atoms with van der Waals surface area (Å²) < 4.78 is 68.2. The minimum atomic E-state index is -5.92. The van der Waals surface area contributed by atoms with Gasteiger partial charge in [-0.05, 0) is 23.8 Å². The maximum atomic E-state index is 13.2. The summed E-state index contributed by atoms with van der Waals surface area (Å²) in [5, 5.41) is 0. The molecule has 9 heteroatoms. The third-order valence-electron chi connectivity index (χ3n) is 5.67. The van der Waals surface area contributed by atoms with Crippen molar-refractivity contribution in [1.82, 2.24) is 9.97 Å². The third kappa shape index (κ3) is 5.28. The van der Waals surface area contributed by atoms with Crippen molar-refractivity contribution in [2.24, 2.45) is 0 Å². The average molecular weight is 533 g/mol. The summed E-state index contributed by atoms with van der Waals surface area (Å²) >= 11 is 0. The van der Waals surface area contributed by atoms with Crippen LogP contribution in [0.25, 0.3) is 45.0 Å². The Morgan fingerprint density at radius 3 is 1.63 bits per heavy atom. The molecule has 0 fully saturated rings. The van der Waals surface area contributed by atoms with E-state index in [1.807, 2.05) is 60.7 Å². The standard InChI is InChI=1S/C29H19F3N2O3S/c30-29(31,32)38(35,36)37-27-18-23(16-17-24(27)20-10-4-1-5-11-20)26-19-25(21-12-6-2-7-13-21)33-28(34-26)22-14-8-3-9-15-22/h1-19H. The van der Waals surface area contributed by atoms with Gasteiger partial charge in [-0.3, -0.25) is 0 Å². The highest BCUT2D eigenvalue weighted by Gasteiger charge is 2.48. The Kier molecular flexibility index (Phi) is 6.69. The van der Waals surface area contributed by atoms with E-state index in [0.717, 1.165) is 11.1 Å². The average Bonchev–Trinajstić information content (AvgIpc) is 2.93. The predicted molar refractivity (Wildman–Crippen MR) is 139 cm³/mol. The molecule has 5 aromatic rings. The maximum absolute atomic E-state index is 13.2. The van der Waals surface area contributed by atoms with Gasteiger partial charge in [-0.25, -0.2) is 9.97 Å². The Labute approximate surface area is 217 Å². The summed E-state index contributed by atoms with van der Waals surface area (Å²) in [6.07, 6.45) is 0. The van der Waals surface area contributed by atoms with Gasteiger partial charge in [0.2, 0.25) is 0 Å². The molecule has 0 spiro atoms. The Hall–Kier alpha value is -4.50. The predicted octanol–water partition coefficient (Wildman–Crippen LogP) is 7.37. The van der Waals surface area contributed by atoms with Crippen LogP contribution in [-0.2, 0) is 10.1 Å². The van der Waals surface area contributed by atoms with E-state index in [1.54, 1.807) is 42.5 Å². The molecule has 1 heterocycles. The molecule has 1 aromatic heterocycles. The minimum absolute atomic E-state index is 0.183. The van der Waals surface area contributed by atoms with Crippen LogP contribution in [0.3, 0.4) is 0 Å². The summed E-state index contributed by atoms with van der Waals surface area (Å²) in [6.45, 7) is 0. The van der Waals surface area contributed by atoms with Crippen LogP contribution >= 0.6 is 0 Å². The van der Waals surface area contributed by atoms with Crippen LogP contribution in [0.1, 0.15) is 0 Å². The van der Waals surface area contributed by atoms with Gasteiger partial charge in [0.1, 0.15) is 0 Å². The fourth-order valence-corrected chi connectivity index (χ4v) is 4.31. The van der Waals surface area contributed by atoms with Gasteiger partial charge in [-0.15, -0.1) is 0 Å². The number of halogens is 3. The monoisotopic (exact) mass is 532 g/mol. The second-order valence-electron chi connectivity index (χ2n) is 8.25. The minimum Gasteiger partial charge on any atom is -0.375 e. The number of alkyl halides is 3. The first-order valence-corrected chi connectivity index (χ1v) is 12.8. The van der Waals surface area contributed by atoms with Crippen LogP contribution in [0, 0.1) is 0 Å². The largest absolute Gasteiger partial charge is 0.534 e. The lowest BCUT2D eigenvalue weighted by molar-refractivity contribution is -0.0499. The molecule has 0 aliphatic carbocycles. The molecule has 0 unspecified atom stereocenters. The molecule has 5 rings (SSSR count). The van der Waals surface area contributed by atoms with E-state index in [1.165, 1.54) is 12.1 Å². The lowest BCUT2D eigenvalue weighted by Gasteiger charge is -2.15. The summed E-state index contributed by atoms with van der Waals surface area (Å²) in [7, 11) is -5.92. The molecule has 38 heavy (non-hydrogen) atoms. The van der Waals surface area contributed by atoms with Gasteiger partial charge in [0.05, 0.1) is 11.4 Å². The topological polar surface area (TPSA) is 69.2 Å². The van der Waals surface area contributed by atoms with Crippen LogP contribution in [0.4, 0.5) is 13.2 Å². The number of aromatic nitrogens is 2. The summed E-state index contributed by atoms with van der Waals surface area (Å²) in [5.74, 6) is -0.0633. The van der Waals surface area contributed by atoms with E-state index < -0.39 is 21.4 Å². The number of benzene rings is 4. The Bertz CT molecular complexity index is 1620. The molecule has 0 atom stereocenters. The first-order valence-electron chi connectivity index (χ1n) is 11.4. The van der Waals surface area contributed by atoms with Crippen LogP contribution in [0.5, 0.6) is 5.75 Å². The van der Waals surface area contributed by atoms with Crippen molar-refractivity contribution in [2.45, 2.75) is 5.51 Å².